The summed E-state index contributed by atoms with van der Waals surface area (Å²) in [6.07, 6.45) is 0.906. The fourth-order valence-electron chi connectivity index (χ4n) is 5.26. The van der Waals surface area contributed by atoms with Gasteiger partial charge in [-0.2, -0.15) is 13.2 Å². The van der Waals surface area contributed by atoms with Gasteiger partial charge in [0.25, 0.3) is 11.8 Å². The Labute approximate surface area is 251 Å². The number of halogens is 3. The fraction of sp³-hybridized carbons (Fsp3) is 0.414. The molecule has 15 heteroatoms. The number of hydrogen-bond donors (Lipinski definition) is 2. The van der Waals surface area contributed by atoms with E-state index in [1.807, 2.05) is 26.0 Å². The Bertz CT molecular complexity index is 1760. The van der Waals surface area contributed by atoms with Crippen LogP contribution in [0.25, 0.3) is 22.6 Å². The predicted octanol–water partition coefficient (Wildman–Crippen LogP) is 4.08. The number of nitrogens with zero attached hydrogens (tertiary/aromatic N) is 4. The molecule has 4 heterocycles. The topological polar surface area (TPSA) is 154 Å². The summed E-state index contributed by atoms with van der Waals surface area (Å²) in [6.45, 7) is 5.75. The summed E-state index contributed by atoms with van der Waals surface area (Å²) < 4.78 is 57.3. The first-order valence-electron chi connectivity index (χ1n) is 13.9. The number of amides is 2. The molecule has 0 radical (unpaired) electrons. The highest BCUT2D eigenvalue weighted by atomic mass is 32.2. The molecule has 1 aliphatic carbocycles. The second kappa shape index (κ2) is 11.3. The van der Waals surface area contributed by atoms with Gasteiger partial charge in [-0.15, -0.1) is 0 Å². The molecular weight excluding hydrogens is 603 g/mol. The molecule has 1 atom stereocenters. The Morgan fingerprint density at radius 1 is 1.14 bits per heavy atom. The molecular formula is C29H30F3N5O6S. The second-order valence-electron chi connectivity index (χ2n) is 11.2. The monoisotopic (exact) mass is 633 g/mol. The number of carboxylic acid groups (broad SMARTS) is 1. The Morgan fingerprint density at radius 2 is 1.80 bits per heavy atom. The molecule has 1 aromatic carbocycles. The molecule has 1 saturated carbocycles. The number of carbonyl (C=O) groups excluding carboxylic acids is 2. The van der Waals surface area contributed by atoms with Crippen LogP contribution in [-0.2, 0) is 21.2 Å². The SMILES string of the molecule is Cc1[nH]c(-c2cc(-c3cc4c(c(S(C)(=O)=O)c3)C(=O)N([C@@H](C)C3CC3)C4)ccn2)nc1C(=O)N1CCC1.O=C(O)C(F)(F)F. The van der Waals surface area contributed by atoms with Gasteiger partial charge >= 0.3 is 12.1 Å². The first kappa shape index (κ1) is 31.2. The molecule has 44 heavy (non-hydrogen) atoms. The fourth-order valence-corrected chi connectivity index (χ4v) is 6.19. The van der Waals surface area contributed by atoms with Gasteiger partial charge in [-0.25, -0.2) is 18.2 Å². The lowest BCUT2D eigenvalue weighted by Gasteiger charge is -2.30. The molecule has 2 aromatic heterocycles. The number of aliphatic carboxylic acids is 1. The molecule has 3 aromatic rings. The number of aryl methyl sites for hydroxylation is 1. The minimum absolute atomic E-state index is 0.0603. The van der Waals surface area contributed by atoms with Crippen LogP contribution in [0.4, 0.5) is 13.2 Å². The number of imidazole rings is 1. The molecule has 2 amide bonds. The normalized spacial score (nSPS) is 17.0. The van der Waals surface area contributed by atoms with E-state index in [0.29, 0.717) is 46.5 Å². The lowest BCUT2D eigenvalue weighted by atomic mass is 10.0. The minimum atomic E-state index is -5.08. The van der Waals surface area contributed by atoms with Crippen LogP contribution in [0.3, 0.4) is 0 Å². The van der Waals surface area contributed by atoms with Gasteiger partial charge in [0, 0.05) is 43.8 Å². The lowest BCUT2D eigenvalue weighted by molar-refractivity contribution is -0.192. The van der Waals surface area contributed by atoms with Crippen LogP contribution in [0.15, 0.2) is 35.4 Å². The van der Waals surface area contributed by atoms with Crippen LogP contribution in [0.2, 0.25) is 0 Å². The number of benzene rings is 1. The van der Waals surface area contributed by atoms with Crippen LogP contribution in [0, 0.1) is 12.8 Å². The van der Waals surface area contributed by atoms with Crippen molar-refractivity contribution in [1.82, 2.24) is 24.8 Å². The van der Waals surface area contributed by atoms with Crippen LogP contribution in [-0.4, -0.2) is 87.6 Å². The number of carboxylic acids is 1. The van der Waals surface area contributed by atoms with Gasteiger partial charge in [0.05, 0.1) is 10.5 Å². The van der Waals surface area contributed by atoms with Crippen LogP contribution in [0.1, 0.15) is 58.3 Å². The van der Waals surface area contributed by atoms with E-state index >= 15 is 0 Å². The van der Waals surface area contributed by atoms with Crippen molar-refractivity contribution in [3.05, 3.63) is 53.0 Å². The number of carbonyl (C=O) groups is 3. The number of hydrogen-bond acceptors (Lipinski definition) is 7. The number of pyridine rings is 1. The van der Waals surface area contributed by atoms with E-state index in [1.54, 1.807) is 28.1 Å². The van der Waals surface area contributed by atoms with Crippen molar-refractivity contribution in [1.29, 1.82) is 0 Å². The molecule has 0 spiro atoms. The Hall–Kier alpha value is -4.27. The van der Waals surface area contributed by atoms with E-state index in [-0.39, 0.29) is 22.8 Å². The number of sulfone groups is 1. The Kier molecular flexibility index (Phi) is 8.03. The van der Waals surface area contributed by atoms with Gasteiger partial charge in [0.2, 0.25) is 0 Å². The Morgan fingerprint density at radius 3 is 2.34 bits per heavy atom. The molecule has 0 unspecified atom stereocenters. The van der Waals surface area contributed by atoms with Gasteiger partial charge in [-0.3, -0.25) is 14.6 Å². The summed E-state index contributed by atoms with van der Waals surface area (Å²) in [4.78, 5) is 50.7. The van der Waals surface area contributed by atoms with E-state index in [2.05, 4.69) is 15.0 Å². The zero-order chi connectivity index (χ0) is 32.1. The molecule has 6 rings (SSSR count). The third kappa shape index (κ3) is 6.18. The van der Waals surface area contributed by atoms with Gasteiger partial charge < -0.3 is 19.9 Å². The zero-order valence-corrected chi connectivity index (χ0v) is 24.9. The van der Waals surface area contributed by atoms with Crippen molar-refractivity contribution in [2.75, 3.05) is 19.3 Å². The van der Waals surface area contributed by atoms with E-state index in [4.69, 9.17) is 9.90 Å². The summed E-state index contributed by atoms with van der Waals surface area (Å²) in [5.41, 5.74) is 4.08. The summed E-state index contributed by atoms with van der Waals surface area (Å²) in [5, 5.41) is 7.12. The van der Waals surface area contributed by atoms with Crippen LogP contribution in [0.5, 0.6) is 0 Å². The van der Waals surface area contributed by atoms with Gasteiger partial charge in [0.1, 0.15) is 11.4 Å². The maximum absolute atomic E-state index is 13.3. The number of H-pyrrole nitrogens is 1. The number of aromatic nitrogens is 3. The first-order chi connectivity index (χ1) is 20.6. The molecule has 1 saturated heterocycles. The summed E-state index contributed by atoms with van der Waals surface area (Å²) in [6, 6.07) is 7.21. The first-order valence-corrected chi connectivity index (χ1v) is 15.8. The second-order valence-corrected chi connectivity index (χ2v) is 13.2. The molecule has 2 aliphatic heterocycles. The molecule has 2 N–H and O–H groups in total. The van der Waals surface area contributed by atoms with Crippen LogP contribution >= 0.6 is 0 Å². The van der Waals surface area contributed by atoms with Gasteiger partial charge in [-0.05, 0) is 80.0 Å². The summed E-state index contributed by atoms with van der Waals surface area (Å²) >= 11 is 0. The van der Waals surface area contributed by atoms with Gasteiger partial charge in [-0.1, -0.05) is 0 Å². The number of fused-ring (bicyclic) bond motifs is 1. The zero-order valence-electron chi connectivity index (χ0n) is 24.1. The van der Waals surface area contributed by atoms with E-state index in [1.165, 1.54) is 0 Å². The van der Waals surface area contributed by atoms with Crippen molar-refractivity contribution in [2.45, 2.75) is 56.8 Å². The maximum Gasteiger partial charge on any atom is 0.490 e. The highest BCUT2D eigenvalue weighted by Gasteiger charge is 2.41. The van der Waals surface area contributed by atoms with Crippen molar-refractivity contribution in [2.24, 2.45) is 5.92 Å². The number of rotatable bonds is 6. The van der Waals surface area contributed by atoms with Crippen molar-refractivity contribution >= 4 is 27.6 Å². The largest absolute Gasteiger partial charge is 0.490 e. The molecule has 234 valence electrons. The van der Waals surface area contributed by atoms with Crippen molar-refractivity contribution < 1.29 is 41.1 Å². The number of aromatic amines is 1. The number of alkyl halides is 3. The third-order valence-electron chi connectivity index (χ3n) is 8.00. The molecule has 11 nitrogen and oxygen atoms in total. The minimum Gasteiger partial charge on any atom is -0.475 e. The average molecular weight is 634 g/mol. The smallest absolute Gasteiger partial charge is 0.475 e. The van der Waals surface area contributed by atoms with E-state index < -0.39 is 22.0 Å². The van der Waals surface area contributed by atoms with Crippen LogP contribution < -0.4 is 0 Å². The van der Waals surface area contributed by atoms with Crippen molar-refractivity contribution in [3.63, 3.8) is 0 Å². The molecule has 3 aliphatic rings. The standard InChI is InChI=1S/C27H29N5O4S.C2HF3O2/c1-15-24(27(34)31-9-4-10-31)30-25(29-15)21-12-18(7-8-28-21)19-11-20-14-32(16(2)17-5-6-17)26(33)23(20)22(13-19)37(3,35)36;3-2(4,5)1(6)7/h7-8,11-13,16-17H,4-6,9-10,14H2,1-3H3,(H,29,30);(H,6,7)/t16-;/m0./s1. The van der Waals surface area contributed by atoms with E-state index in [9.17, 15) is 31.2 Å². The molecule has 0 bridgehead atoms. The number of nitrogens with one attached hydrogen (secondary N) is 1. The van der Waals surface area contributed by atoms with E-state index in [0.717, 1.165) is 49.7 Å². The van der Waals surface area contributed by atoms with Gasteiger partial charge in [0.15, 0.2) is 15.7 Å². The predicted molar refractivity (Wildman–Crippen MR) is 151 cm³/mol. The lowest BCUT2D eigenvalue weighted by Crippen LogP contribution is -2.42. The Balaban J connectivity index is 0.000000493. The third-order valence-corrected chi connectivity index (χ3v) is 9.12. The maximum atomic E-state index is 13.3. The number of likely N-dealkylation sites (tertiary alicyclic amines) is 1. The molecule has 2 fully saturated rings. The summed E-state index contributed by atoms with van der Waals surface area (Å²) in [5.74, 6) is -2.09. The summed E-state index contributed by atoms with van der Waals surface area (Å²) in [7, 11) is -3.65. The highest BCUT2D eigenvalue weighted by Crippen LogP contribution is 2.41. The quantitative estimate of drug-likeness (QED) is 0.412. The van der Waals surface area contributed by atoms with Crippen molar-refractivity contribution in [3.8, 4) is 22.6 Å². The average Bonchev–Trinajstić information content (AvgIpc) is 3.62. The highest BCUT2D eigenvalue weighted by molar-refractivity contribution is 7.90.